The van der Waals surface area contributed by atoms with Crippen molar-refractivity contribution in [1.82, 2.24) is 9.97 Å². The second-order valence-corrected chi connectivity index (χ2v) is 3.34. The molecule has 4 N–H and O–H groups in total. The van der Waals surface area contributed by atoms with Crippen molar-refractivity contribution >= 4 is 5.82 Å². The molecule has 1 atom stereocenters. The molecule has 0 bridgehead atoms. The van der Waals surface area contributed by atoms with E-state index in [-0.39, 0.29) is 11.6 Å². The number of nitrogens with zero attached hydrogens (tertiary/aromatic N) is 1. The summed E-state index contributed by atoms with van der Waals surface area (Å²) in [5.74, 6) is 1.21. The van der Waals surface area contributed by atoms with Crippen LogP contribution in [-0.4, -0.2) is 22.6 Å². The first kappa shape index (κ1) is 10.7. The molecular weight excluding hydrogens is 180 g/mol. The maximum absolute atomic E-state index is 11.1. The number of hydrogen-bond donors (Lipinski definition) is 3. The molecule has 0 aliphatic heterocycles. The predicted octanol–water partition coefficient (Wildman–Crippen LogP) is 0.228. The summed E-state index contributed by atoms with van der Waals surface area (Å²) in [5.41, 5.74) is 5.28. The molecule has 1 heterocycles. The highest BCUT2D eigenvalue weighted by molar-refractivity contribution is 5.33. The Morgan fingerprint density at radius 3 is 3.00 bits per heavy atom. The summed E-state index contributed by atoms with van der Waals surface area (Å²) in [6.45, 7) is 4.38. The van der Waals surface area contributed by atoms with E-state index in [4.69, 9.17) is 5.73 Å². The summed E-state index contributed by atoms with van der Waals surface area (Å²) in [7, 11) is 0. The average molecular weight is 196 g/mol. The zero-order valence-corrected chi connectivity index (χ0v) is 8.50. The van der Waals surface area contributed by atoms with Gasteiger partial charge in [-0.2, -0.15) is 0 Å². The quantitative estimate of drug-likeness (QED) is 0.643. The third-order valence-electron chi connectivity index (χ3n) is 1.85. The van der Waals surface area contributed by atoms with Gasteiger partial charge in [0, 0.05) is 12.1 Å². The molecule has 78 valence electrons. The van der Waals surface area contributed by atoms with Crippen molar-refractivity contribution in [3.8, 4) is 0 Å². The van der Waals surface area contributed by atoms with Gasteiger partial charge in [-0.3, -0.25) is 4.79 Å². The Hall–Kier alpha value is -1.36. The first-order valence-electron chi connectivity index (χ1n) is 4.66. The van der Waals surface area contributed by atoms with E-state index in [1.807, 2.05) is 6.92 Å². The number of aryl methyl sites for hydroxylation is 1. The number of hydrogen-bond acceptors (Lipinski definition) is 4. The van der Waals surface area contributed by atoms with E-state index in [1.54, 1.807) is 6.92 Å². The molecule has 14 heavy (non-hydrogen) atoms. The highest BCUT2D eigenvalue weighted by Gasteiger charge is 2.02. The summed E-state index contributed by atoms with van der Waals surface area (Å²) in [4.78, 5) is 17.8. The van der Waals surface area contributed by atoms with Gasteiger partial charge in [-0.25, -0.2) is 4.98 Å². The van der Waals surface area contributed by atoms with E-state index in [2.05, 4.69) is 15.3 Å². The second kappa shape index (κ2) is 4.76. The number of nitrogens with two attached hydrogens (primary N) is 1. The summed E-state index contributed by atoms with van der Waals surface area (Å²) in [5, 5.41) is 3.11. The molecule has 1 rings (SSSR count). The van der Waals surface area contributed by atoms with E-state index in [1.165, 1.54) is 6.07 Å². The highest BCUT2D eigenvalue weighted by Crippen LogP contribution is 2.02. The van der Waals surface area contributed by atoms with Gasteiger partial charge in [0.25, 0.3) is 5.56 Å². The largest absolute Gasteiger partial charge is 0.367 e. The van der Waals surface area contributed by atoms with Crippen LogP contribution < -0.4 is 16.6 Å². The van der Waals surface area contributed by atoms with Gasteiger partial charge < -0.3 is 16.0 Å². The molecule has 0 aromatic carbocycles. The Morgan fingerprint density at radius 2 is 2.43 bits per heavy atom. The van der Waals surface area contributed by atoms with Crippen molar-refractivity contribution in [2.45, 2.75) is 26.3 Å². The molecule has 0 aliphatic carbocycles. The first-order valence-corrected chi connectivity index (χ1v) is 4.66. The molecule has 0 aliphatic rings. The van der Waals surface area contributed by atoms with E-state index >= 15 is 0 Å². The Kier molecular flexibility index (Phi) is 3.64. The Labute approximate surface area is 82.7 Å². The standard InChI is InChI=1S/C9H16N4O/c1-6(3-4-10)11-8-5-9(14)13-7(2)12-8/h5-6H,3-4,10H2,1-2H3,(H2,11,12,13,14). The molecule has 0 radical (unpaired) electrons. The monoisotopic (exact) mass is 196 g/mol. The molecule has 5 nitrogen and oxygen atoms in total. The molecule has 1 aromatic heterocycles. The maximum atomic E-state index is 11.1. The summed E-state index contributed by atoms with van der Waals surface area (Å²) in [6.07, 6.45) is 0.855. The van der Waals surface area contributed by atoms with Gasteiger partial charge in [0.05, 0.1) is 0 Å². The fourth-order valence-electron chi connectivity index (χ4n) is 1.23. The lowest BCUT2D eigenvalue weighted by Crippen LogP contribution is -2.22. The zero-order valence-electron chi connectivity index (χ0n) is 8.50. The summed E-state index contributed by atoms with van der Waals surface area (Å²) in [6, 6.07) is 1.67. The van der Waals surface area contributed by atoms with Crippen LogP contribution in [-0.2, 0) is 0 Å². The molecule has 1 aromatic rings. The van der Waals surface area contributed by atoms with Gasteiger partial charge >= 0.3 is 0 Å². The summed E-state index contributed by atoms with van der Waals surface area (Å²) < 4.78 is 0. The van der Waals surface area contributed by atoms with Crippen molar-refractivity contribution in [2.75, 3.05) is 11.9 Å². The predicted molar refractivity (Wildman–Crippen MR) is 56.4 cm³/mol. The lowest BCUT2D eigenvalue weighted by Gasteiger charge is -2.12. The van der Waals surface area contributed by atoms with Crippen LogP contribution in [0.25, 0.3) is 0 Å². The fraction of sp³-hybridized carbons (Fsp3) is 0.556. The van der Waals surface area contributed by atoms with Crippen LogP contribution in [0, 0.1) is 6.92 Å². The zero-order chi connectivity index (χ0) is 10.6. The number of rotatable bonds is 4. The average Bonchev–Trinajstić information content (AvgIpc) is 2.01. The first-order chi connectivity index (χ1) is 6.61. The van der Waals surface area contributed by atoms with Crippen molar-refractivity contribution < 1.29 is 0 Å². The van der Waals surface area contributed by atoms with Gasteiger partial charge in [-0.15, -0.1) is 0 Å². The fourth-order valence-corrected chi connectivity index (χ4v) is 1.23. The third kappa shape index (κ3) is 3.18. The van der Waals surface area contributed by atoms with Gasteiger partial charge in [-0.1, -0.05) is 0 Å². The molecular formula is C9H16N4O. The van der Waals surface area contributed by atoms with E-state index in [0.29, 0.717) is 18.2 Å². The minimum atomic E-state index is -0.139. The molecule has 0 fully saturated rings. The highest BCUT2D eigenvalue weighted by atomic mass is 16.1. The van der Waals surface area contributed by atoms with E-state index in [9.17, 15) is 4.79 Å². The molecule has 0 saturated heterocycles. The lowest BCUT2D eigenvalue weighted by atomic mass is 10.2. The van der Waals surface area contributed by atoms with Gasteiger partial charge in [0.1, 0.15) is 11.6 Å². The Morgan fingerprint density at radius 1 is 1.71 bits per heavy atom. The van der Waals surface area contributed by atoms with Gasteiger partial charge in [-0.05, 0) is 26.8 Å². The van der Waals surface area contributed by atoms with Crippen LogP contribution in [0.15, 0.2) is 10.9 Å². The van der Waals surface area contributed by atoms with Crippen molar-refractivity contribution in [2.24, 2.45) is 5.73 Å². The second-order valence-electron chi connectivity index (χ2n) is 3.34. The minimum Gasteiger partial charge on any atom is -0.367 e. The summed E-state index contributed by atoms with van der Waals surface area (Å²) >= 11 is 0. The van der Waals surface area contributed by atoms with Crippen LogP contribution in [0.4, 0.5) is 5.82 Å². The number of aromatic amines is 1. The smallest absolute Gasteiger partial charge is 0.252 e. The van der Waals surface area contributed by atoms with Gasteiger partial charge in [0.15, 0.2) is 0 Å². The van der Waals surface area contributed by atoms with E-state index < -0.39 is 0 Å². The third-order valence-corrected chi connectivity index (χ3v) is 1.85. The van der Waals surface area contributed by atoms with Crippen molar-refractivity contribution in [3.05, 3.63) is 22.2 Å². The van der Waals surface area contributed by atoms with E-state index in [0.717, 1.165) is 6.42 Å². The Bertz CT molecular complexity index is 347. The molecule has 0 amide bonds. The van der Waals surface area contributed by atoms with Crippen LogP contribution in [0.3, 0.4) is 0 Å². The SMILES string of the molecule is Cc1nc(NC(C)CCN)cc(=O)[nH]1. The van der Waals surface area contributed by atoms with Crippen LogP contribution in [0.2, 0.25) is 0 Å². The normalized spacial score (nSPS) is 12.5. The maximum Gasteiger partial charge on any atom is 0.252 e. The molecule has 1 unspecified atom stereocenters. The lowest BCUT2D eigenvalue weighted by molar-refractivity contribution is 0.712. The number of aromatic nitrogens is 2. The van der Waals surface area contributed by atoms with Crippen molar-refractivity contribution in [3.63, 3.8) is 0 Å². The molecule has 0 saturated carbocycles. The van der Waals surface area contributed by atoms with Crippen LogP contribution in [0.1, 0.15) is 19.2 Å². The Balaban J connectivity index is 2.71. The topological polar surface area (TPSA) is 83.8 Å². The molecule has 0 spiro atoms. The number of anilines is 1. The van der Waals surface area contributed by atoms with Crippen LogP contribution >= 0.6 is 0 Å². The molecule has 5 heteroatoms. The number of nitrogens with one attached hydrogen (secondary N) is 2. The minimum absolute atomic E-state index is 0.139. The van der Waals surface area contributed by atoms with Crippen molar-refractivity contribution in [1.29, 1.82) is 0 Å². The number of H-pyrrole nitrogens is 1. The van der Waals surface area contributed by atoms with Gasteiger partial charge in [0.2, 0.25) is 0 Å². The van der Waals surface area contributed by atoms with Crippen LogP contribution in [0.5, 0.6) is 0 Å².